The van der Waals surface area contributed by atoms with E-state index in [0.29, 0.717) is 28.4 Å². The highest BCUT2D eigenvalue weighted by molar-refractivity contribution is 6.03. The number of fused-ring (bicyclic) bond motifs is 1. The number of hydrogen-bond donors (Lipinski definition) is 1. The average molecular weight is 557 g/mol. The van der Waals surface area contributed by atoms with Crippen molar-refractivity contribution in [1.29, 1.82) is 0 Å². The Hall–Kier alpha value is -3.95. The zero-order valence-electron chi connectivity index (χ0n) is 23.4. The summed E-state index contributed by atoms with van der Waals surface area (Å²) in [6.45, 7) is 4.77. The fraction of sp³-hybridized carbons (Fsp3) is 0.406. The number of hydrogen-bond acceptors (Lipinski definition) is 7. The van der Waals surface area contributed by atoms with Crippen molar-refractivity contribution in [2.45, 2.75) is 38.3 Å². The topological polar surface area (TPSA) is 93.2 Å². The zero-order valence-corrected chi connectivity index (χ0v) is 23.4. The molecule has 2 fully saturated rings. The first-order valence-electron chi connectivity index (χ1n) is 14.3. The summed E-state index contributed by atoms with van der Waals surface area (Å²) in [4.78, 5) is 34.7. The van der Waals surface area contributed by atoms with Crippen LogP contribution in [0, 0.1) is 5.41 Å². The summed E-state index contributed by atoms with van der Waals surface area (Å²) in [5.74, 6) is 1.04. The normalized spacial score (nSPS) is 20.6. The molecule has 3 aromatic rings. The van der Waals surface area contributed by atoms with E-state index in [0.717, 1.165) is 38.4 Å². The molecule has 3 aliphatic rings. The van der Waals surface area contributed by atoms with Gasteiger partial charge in [0.25, 0.3) is 11.8 Å². The van der Waals surface area contributed by atoms with E-state index in [9.17, 15) is 9.59 Å². The molecule has 2 aromatic carbocycles. The summed E-state index contributed by atoms with van der Waals surface area (Å²) in [6, 6.07) is 17.7. The van der Waals surface area contributed by atoms with Gasteiger partial charge in [-0.25, -0.2) is 0 Å². The lowest BCUT2D eigenvalue weighted by Crippen LogP contribution is -2.49. The van der Waals surface area contributed by atoms with Crippen LogP contribution in [0.3, 0.4) is 0 Å². The lowest BCUT2D eigenvalue weighted by Gasteiger charge is -2.44. The van der Waals surface area contributed by atoms with Crippen LogP contribution in [0.1, 0.15) is 41.7 Å². The fourth-order valence-corrected chi connectivity index (χ4v) is 5.95. The van der Waals surface area contributed by atoms with Crippen LogP contribution in [0.25, 0.3) is 0 Å². The van der Waals surface area contributed by atoms with Crippen LogP contribution >= 0.6 is 0 Å². The van der Waals surface area contributed by atoms with E-state index in [4.69, 9.17) is 14.2 Å². The number of nitrogens with one attached hydrogen (secondary N) is 1. The molecule has 0 unspecified atom stereocenters. The quantitative estimate of drug-likeness (QED) is 0.481. The number of carbonyl (C=O) groups is 2. The van der Waals surface area contributed by atoms with Gasteiger partial charge in [0.05, 0.1) is 5.69 Å². The minimum absolute atomic E-state index is 0.0272. The summed E-state index contributed by atoms with van der Waals surface area (Å²) in [7, 11) is 1.72. The van der Waals surface area contributed by atoms with Gasteiger partial charge in [0.2, 0.25) is 0 Å². The Kier molecular flexibility index (Phi) is 7.89. The number of ether oxygens (including phenoxy) is 3. The Morgan fingerprint density at radius 3 is 2.59 bits per heavy atom. The highest BCUT2D eigenvalue weighted by atomic mass is 16.5. The Bertz CT molecular complexity index is 1380. The fourth-order valence-electron chi connectivity index (χ4n) is 5.95. The predicted octanol–water partition coefficient (Wildman–Crippen LogP) is 4.42. The molecule has 9 heteroatoms. The van der Waals surface area contributed by atoms with Gasteiger partial charge in [-0.2, -0.15) is 0 Å². The Morgan fingerprint density at radius 1 is 1.02 bits per heavy atom. The van der Waals surface area contributed by atoms with Crippen molar-refractivity contribution in [3.05, 3.63) is 78.1 Å². The molecule has 0 radical (unpaired) electrons. The molecule has 0 bridgehead atoms. The first-order valence-corrected chi connectivity index (χ1v) is 14.3. The Labute approximate surface area is 240 Å². The van der Waals surface area contributed by atoms with Gasteiger partial charge in [0, 0.05) is 39.1 Å². The lowest BCUT2D eigenvalue weighted by atomic mass is 9.72. The molecule has 1 N–H and O–H groups in total. The summed E-state index contributed by atoms with van der Waals surface area (Å²) < 4.78 is 17.4. The van der Waals surface area contributed by atoms with Gasteiger partial charge in [-0.05, 0) is 80.1 Å². The molecule has 1 atom stereocenters. The molecule has 1 aromatic heterocycles. The van der Waals surface area contributed by atoms with E-state index in [1.165, 1.54) is 31.9 Å². The maximum atomic E-state index is 13.4. The van der Waals surface area contributed by atoms with Crippen LogP contribution in [0.2, 0.25) is 0 Å². The lowest BCUT2D eigenvalue weighted by molar-refractivity contribution is -0.120. The van der Waals surface area contributed by atoms with Crippen molar-refractivity contribution >= 4 is 17.5 Å². The highest BCUT2D eigenvalue weighted by Gasteiger charge is 2.36. The molecule has 3 aliphatic heterocycles. The third kappa shape index (κ3) is 6.21. The minimum atomic E-state index is -0.860. The summed E-state index contributed by atoms with van der Waals surface area (Å²) in [5, 5.41) is 2.80. The molecule has 0 saturated carbocycles. The highest BCUT2D eigenvalue weighted by Crippen LogP contribution is 2.41. The van der Waals surface area contributed by atoms with E-state index in [-0.39, 0.29) is 18.2 Å². The van der Waals surface area contributed by atoms with Gasteiger partial charge in [0.1, 0.15) is 35.6 Å². The average Bonchev–Trinajstić information content (AvgIpc) is 3.11. The molecule has 0 aliphatic carbocycles. The number of rotatable bonds is 6. The van der Waals surface area contributed by atoms with Crippen molar-refractivity contribution in [1.82, 2.24) is 15.2 Å². The van der Waals surface area contributed by atoms with Crippen LogP contribution in [-0.4, -0.2) is 67.7 Å². The standard InChI is InChI=1S/C32H36N4O5/c1-35-28-19-23(21-36-15-10-32(11-16-36)12-17-39-18-13-32)7-8-29(28)40-22-27(31(35)38)34-30(37)26-20-25(9-14-33-26)41-24-5-3-2-4-6-24/h2-9,14,19-20,27H,10-13,15-18,21-22H2,1H3,(H,34,37)/t27-/m0/s1. The molecule has 6 rings (SSSR count). The number of para-hydroxylation sites is 1. The summed E-state index contributed by atoms with van der Waals surface area (Å²) in [6.07, 6.45) is 6.27. The number of carbonyl (C=O) groups excluding carboxylic acids is 2. The second-order valence-corrected chi connectivity index (χ2v) is 11.2. The van der Waals surface area contributed by atoms with E-state index >= 15 is 0 Å². The molecule has 4 heterocycles. The van der Waals surface area contributed by atoms with Crippen molar-refractivity contribution in [3.63, 3.8) is 0 Å². The maximum absolute atomic E-state index is 13.4. The third-order valence-electron chi connectivity index (χ3n) is 8.54. The monoisotopic (exact) mass is 556 g/mol. The molecule has 1 spiro atoms. The van der Waals surface area contributed by atoms with E-state index in [1.807, 2.05) is 42.5 Å². The van der Waals surface area contributed by atoms with E-state index in [2.05, 4.69) is 21.3 Å². The largest absolute Gasteiger partial charge is 0.489 e. The SMILES string of the molecule is CN1C(=O)[C@@H](NC(=O)c2cc(Oc3ccccc3)ccn2)COc2ccc(CN3CCC4(CCOCC4)CC3)cc21. The van der Waals surface area contributed by atoms with Gasteiger partial charge in [-0.15, -0.1) is 0 Å². The minimum Gasteiger partial charge on any atom is -0.489 e. The number of pyridine rings is 1. The van der Waals surface area contributed by atoms with Gasteiger partial charge in [0.15, 0.2) is 0 Å². The first-order chi connectivity index (χ1) is 20.0. The van der Waals surface area contributed by atoms with Crippen LogP contribution in [0.15, 0.2) is 66.9 Å². The van der Waals surface area contributed by atoms with Gasteiger partial charge < -0.3 is 24.4 Å². The van der Waals surface area contributed by atoms with E-state index in [1.54, 1.807) is 24.1 Å². The molecule has 2 saturated heterocycles. The second-order valence-electron chi connectivity index (χ2n) is 11.2. The molecule has 2 amide bonds. The number of piperidine rings is 1. The molecular formula is C32H36N4O5. The van der Waals surface area contributed by atoms with E-state index < -0.39 is 11.9 Å². The van der Waals surface area contributed by atoms with Crippen LogP contribution < -0.4 is 19.7 Å². The second kappa shape index (κ2) is 11.9. The van der Waals surface area contributed by atoms with Gasteiger partial charge in [-0.3, -0.25) is 19.5 Å². The van der Waals surface area contributed by atoms with Crippen molar-refractivity contribution in [2.75, 3.05) is 44.9 Å². The van der Waals surface area contributed by atoms with Crippen LogP contribution in [-0.2, 0) is 16.1 Å². The number of benzene rings is 2. The third-order valence-corrected chi connectivity index (χ3v) is 8.54. The van der Waals surface area contributed by atoms with Gasteiger partial charge in [-0.1, -0.05) is 24.3 Å². The predicted molar refractivity (Wildman–Crippen MR) is 154 cm³/mol. The number of nitrogens with zero attached hydrogens (tertiary/aromatic N) is 3. The van der Waals surface area contributed by atoms with Crippen molar-refractivity contribution in [3.8, 4) is 17.2 Å². The Balaban J connectivity index is 1.08. The smallest absolute Gasteiger partial charge is 0.270 e. The first kappa shape index (κ1) is 27.2. The van der Waals surface area contributed by atoms with Gasteiger partial charge >= 0.3 is 0 Å². The number of likely N-dealkylation sites (N-methyl/N-ethyl adjacent to an activating group) is 1. The molecule has 9 nitrogen and oxygen atoms in total. The number of likely N-dealkylation sites (tertiary alicyclic amines) is 1. The molecular weight excluding hydrogens is 520 g/mol. The number of aromatic nitrogens is 1. The van der Waals surface area contributed by atoms with Crippen LogP contribution in [0.4, 0.5) is 5.69 Å². The number of anilines is 1. The zero-order chi connectivity index (χ0) is 28.2. The number of amides is 2. The van der Waals surface area contributed by atoms with Crippen LogP contribution in [0.5, 0.6) is 17.2 Å². The van der Waals surface area contributed by atoms with Crippen molar-refractivity contribution < 1.29 is 23.8 Å². The molecule has 214 valence electrons. The Morgan fingerprint density at radius 2 is 1.80 bits per heavy atom. The maximum Gasteiger partial charge on any atom is 0.270 e. The summed E-state index contributed by atoms with van der Waals surface area (Å²) >= 11 is 0. The summed E-state index contributed by atoms with van der Waals surface area (Å²) in [5.41, 5.74) is 2.45. The molecule has 41 heavy (non-hydrogen) atoms. The van der Waals surface area contributed by atoms with Crippen molar-refractivity contribution in [2.24, 2.45) is 5.41 Å².